The van der Waals surface area contributed by atoms with Gasteiger partial charge in [0, 0.05) is 15.6 Å². The third kappa shape index (κ3) is 3.52. The number of hydrogen-bond donors (Lipinski definition) is 3. The summed E-state index contributed by atoms with van der Waals surface area (Å²) in [6.07, 6.45) is 0. The lowest BCUT2D eigenvalue weighted by Crippen LogP contribution is -2.13. The van der Waals surface area contributed by atoms with E-state index in [1.165, 1.54) is 11.8 Å². The van der Waals surface area contributed by atoms with Gasteiger partial charge in [-0.3, -0.25) is 4.79 Å². The van der Waals surface area contributed by atoms with E-state index in [1.54, 1.807) is 30.3 Å². The molecule has 7 heteroatoms. The van der Waals surface area contributed by atoms with Crippen LogP contribution in [0.15, 0.2) is 52.2 Å². The molecule has 0 saturated heterocycles. The van der Waals surface area contributed by atoms with Crippen molar-refractivity contribution in [1.82, 2.24) is 9.97 Å². The number of benzene rings is 2. The molecule has 0 fully saturated rings. The monoisotopic (exact) mass is 333 g/mol. The minimum absolute atomic E-state index is 0.114. The fourth-order valence-corrected chi connectivity index (χ4v) is 2.81. The molecule has 0 saturated carbocycles. The molecule has 1 aromatic heterocycles. The largest absolute Gasteiger partial charge is 0.325 e. The molecule has 3 N–H and O–H groups in total. The Morgan fingerprint density at radius 2 is 1.82 bits per heavy atom. The normalized spacial score (nSPS) is 10.8. The van der Waals surface area contributed by atoms with Crippen LogP contribution in [0.3, 0.4) is 0 Å². The zero-order valence-electron chi connectivity index (χ0n) is 11.4. The van der Waals surface area contributed by atoms with Crippen molar-refractivity contribution in [3.8, 4) is 0 Å². The van der Waals surface area contributed by atoms with Crippen molar-refractivity contribution < 1.29 is 4.79 Å². The van der Waals surface area contributed by atoms with E-state index in [1.807, 2.05) is 12.1 Å². The number of fused-ring (bicyclic) bond motifs is 1. The zero-order valence-corrected chi connectivity index (χ0v) is 12.9. The average Bonchev–Trinajstić information content (AvgIpc) is 2.86. The van der Waals surface area contributed by atoms with Gasteiger partial charge in [0.15, 0.2) is 0 Å². The van der Waals surface area contributed by atoms with E-state index in [-0.39, 0.29) is 11.6 Å². The van der Waals surface area contributed by atoms with E-state index >= 15 is 0 Å². The van der Waals surface area contributed by atoms with Crippen molar-refractivity contribution in [3.63, 3.8) is 0 Å². The summed E-state index contributed by atoms with van der Waals surface area (Å²) in [5, 5.41) is 3.47. The highest BCUT2D eigenvalue weighted by atomic mass is 35.5. The lowest BCUT2D eigenvalue weighted by atomic mass is 10.3. The number of H-pyrrole nitrogens is 2. The number of halogens is 1. The molecule has 112 valence electrons. The van der Waals surface area contributed by atoms with E-state index in [0.717, 1.165) is 4.90 Å². The van der Waals surface area contributed by atoms with E-state index in [4.69, 9.17) is 11.6 Å². The van der Waals surface area contributed by atoms with Crippen LogP contribution in [-0.2, 0) is 4.79 Å². The van der Waals surface area contributed by atoms with E-state index in [9.17, 15) is 9.59 Å². The van der Waals surface area contributed by atoms with Crippen molar-refractivity contribution in [2.24, 2.45) is 0 Å². The first-order valence-electron chi connectivity index (χ1n) is 6.50. The fourth-order valence-electron chi connectivity index (χ4n) is 1.99. The maximum Gasteiger partial charge on any atom is 0.323 e. The first-order valence-corrected chi connectivity index (χ1v) is 7.87. The summed E-state index contributed by atoms with van der Waals surface area (Å²) in [6, 6.07) is 12.5. The number of thioether (sulfide) groups is 1. The number of rotatable bonds is 4. The summed E-state index contributed by atoms with van der Waals surface area (Å²) in [6.45, 7) is 0. The van der Waals surface area contributed by atoms with Gasteiger partial charge in [0.05, 0.1) is 16.8 Å². The average molecular weight is 334 g/mol. The first kappa shape index (κ1) is 14.7. The number of imidazole rings is 1. The molecule has 1 heterocycles. The number of hydrogen-bond acceptors (Lipinski definition) is 3. The number of aromatic amines is 2. The Hall–Kier alpha value is -2.18. The van der Waals surface area contributed by atoms with Gasteiger partial charge in [0.25, 0.3) is 0 Å². The van der Waals surface area contributed by atoms with Crippen molar-refractivity contribution >= 4 is 46.0 Å². The Kier molecular flexibility index (Phi) is 4.22. The number of carbonyl (C=O) groups is 1. The maximum atomic E-state index is 12.0. The summed E-state index contributed by atoms with van der Waals surface area (Å²) in [5.41, 5.74) is 1.74. The molecule has 22 heavy (non-hydrogen) atoms. The number of aromatic nitrogens is 2. The predicted molar refractivity (Wildman–Crippen MR) is 89.7 cm³/mol. The topological polar surface area (TPSA) is 77.8 Å². The quantitative estimate of drug-likeness (QED) is 0.641. The molecule has 0 radical (unpaired) electrons. The molecule has 5 nitrogen and oxygen atoms in total. The highest BCUT2D eigenvalue weighted by Gasteiger charge is 2.05. The number of anilines is 1. The molecular formula is C15H12ClN3O2S. The van der Waals surface area contributed by atoms with Crippen LogP contribution in [0.5, 0.6) is 0 Å². The van der Waals surface area contributed by atoms with Crippen LogP contribution in [0.2, 0.25) is 5.02 Å². The van der Waals surface area contributed by atoms with Crippen LogP contribution in [0.25, 0.3) is 11.0 Å². The lowest BCUT2D eigenvalue weighted by molar-refractivity contribution is -0.113. The molecule has 2 aromatic carbocycles. The molecule has 0 bridgehead atoms. The van der Waals surface area contributed by atoms with Gasteiger partial charge in [-0.25, -0.2) is 4.79 Å². The highest BCUT2D eigenvalue weighted by molar-refractivity contribution is 8.00. The fraction of sp³-hybridized carbons (Fsp3) is 0.0667. The minimum atomic E-state index is -0.267. The third-order valence-corrected chi connectivity index (χ3v) is 4.25. The third-order valence-electron chi connectivity index (χ3n) is 2.98. The second-order valence-corrected chi connectivity index (χ2v) is 6.12. The van der Waals surface area contributed by atoms with Gasteiger partial charge in [-0.2, -0.15) is 0 Å². The molecule has 3 aromatic rings. The Bertz CT molecular complexity index is 870. The van der Waals surface area contributed by atoms with Crippen LogP contribution >= 0.6 is 23.4 Å². The number of nitrogens with one attached hydrogen (secondary N) is 3. The van der Waals surface area contributed by atoms with Gasteiger partial charge < -0.3 is 15.3 Å². The molecule has 1 amide bonds. The van der Waals surface area contributed by atoms with Crippen LogP contribution in [0.4, 0.5) is 5.69 Å². The van der Waals surface area contributed by atoms with Crippen LogP contribution in [0, 0.1) is 0 Å². The second kappa shape index (κ2) is 6.29. The van der Waals surface area contributed by atoms with Gasteiger partial charge in [0.1, 0.15) is 0 Å². The molecular weight excluding hydrogens is 322 g/mol. The smallest absolute Gasteiger partial charge is 0.323 e. The maximum absolute atomic E-state index is 12.0. The zero-order chi connectivity index (χ0) is 15.5. The highest BCUT2D eigenvalue weighted by Crippen LogP contribution is 2.21. The van der Waals surface area contributed by atoms with Gasteiger partial charge in [-0.05, 0) is 42.5 Å². The summed E-state index contributed by atoms with van der Waals surface area (Å²) >= 11 is 7.24. The van der Waals surface area contributed by atoms with Crippen molar-refractivity contribution in [2.45, 2.75) is 4.90 Å². The Balaban J connectivity index is 1.62. The molecule has 0 aliphatic rings. The van der Waals surface area contributed by atoms with Gasteiger partial charge in [-0.1, -0.05) is 11.6 Å². The minimum Gasteiger partial charge on any atom is -0.325 e. The van der Waals surface area contributed by atoms with Crippen molar-refractivity contribution in [1.29, 1.82) is 0 Å². The molecule has 3 rings (SSSR count). The van der Waals surface area contributed by atoms with Gasteiger partial charge in [0.2, 0.25) is 5.91 Å². The molecule has 0 spiro atoms. The summed E-state index contributed by atoms with van der Waals surface area (Å²) in [4.78, 5) is 29.4. The second-order valence-electron chi connectivity index (χ2n) is 4.63. The van der Waals surface area contributed by atoms with E-state index < -0.39 is 0 Å². The first-order chi connectivity index (χ1) is 10.6. The van der Waals surface area contributed by atoms with Gasteiger partial charge in [-0.15, -0.1) is 11.8 Å². The summed E-state index contributed by atoms with van der Waals surface area (Å²) in [7, 11) is 0. The standard InChI is InChI=1S/C15H12ClN3O2S/c16-9-1-4-11(5-2-9)22-8-14(20)17-10-3-6-12-13(7-10)19-15(21)18-12/h1-7H,8H2,(H,17,20)(H2,18,19,21). The predicted octanol–water partition coefficient (Wildman–Crippen LogP) is 3.24. The molecule has 0 aliphatic carbocycles. The number of amides is 1. The Labute approximate surface area is 135 Å². The summed E-state index contributed by atoms with van der Waals surface area (Å²) in [5.74, 6) is 0.181. The van der Waals surface area contributed by atoms with Crippen LogP contribution in [-0.4, -0.2) is 21.6 Å². The molecule has 0 aliphatic heterocycles. The van der Waals surface area contributed by atoms with Crippen LogP contribution < -0.4 is 11.0 Å². The van der Waals surface area contributed by atoms with Crippen LogP contribution in [0.1, 0.15) is 0 Å². The molecule has 0 atom stereocenters. The van der Waals surface area contributed by atoms with Crippen molar-refractivity contribution in [2.75, 3.05) is 11.1 Å². The molecule has 0 unspecified atom stereocenters. The van der Waals surface area contributed by atoms with Crippen molar-refractivity contribution in [3.05, 3.63) is 58.0 Å². The number of carbonyl (C=O) groups excluding carboxylic acids is 1. The Morgan fingerprint density at radius 1 is 1.09 bits per heavy atom. The van der Waals surface area contributed by atoms with Gasteiger partial charge >= 0.3 is 5.69 Å². The SMILES string of the molecule is O=C(CSc1ccc(Cl)cc1)Nc1ccc2[nH]c(=O)[nH]c2c1. The lowest BCUT2D eigenvalue weighted by Gasteiger charge is -2.05. The summed E-state index contributed by atoms with van der Waals surface area (Å²) < 4.78 is 0. The van der Waals surface area contributed by atoms with E-state index in [2.05, 4.69) is 15.3 Å². The van der Waals surface area contributed by atoms with E-state index in [0.29, 0.717) is 27.5 Å². The Morgan fingerprint density at radius 3 is 2.59 bits per heavy atom.